The summed E-state index contributed by atoms with van der Waals surface area (Å²) in [4.78, 5) is 11.9. The van der Waals surface area contributed by atoms with Crippen molar-refractivity contribution < 1.29 is 18.0 Å². The lowest BCUT2D eigenvalue weighted by Gasteiger charge is -2.10. The van der Waals surface area contributed by atoms with Crippen LogP contribution in [0.25, 0.3) is 6.08 Å². The van der Waals surface area contributed by atoms with Gasteiger partial charge in [-0.3, -0.25) is 4.79 Å². The monoisotopic (exact) mass is 393 g/mol. The Morgan fingerprint density at radius 2 is 1.71 bits per heavy atom. The van der Waals surface area contributed by atoms with Crippen LogP contribution >= 0.6 is 34.8 Å². The van der Waals surface area contributed by atoms with Crippen molar-refractivity contribution >= 4 is 52.5 Å². The summed E-state index contributed by atoms with van der Waals surface area (Å²) in [6.07, 6.45) is -1.99. The zero-order valence-electron chi connectivity index (χ0n) is 11.8. The van der Waals surface area contributed by atoms with Crippen LogP contribution < -0.4 is 5.32 Å². The topological polar surface area (TPSA) is 29.1 Å². The average molecular weight is 395 g/mol. The van der Waals surface area contributed by atoms with Gasteiger partial charge in [-0.15, -0.1) is 0 Å². The number of benzene rings is 2. The number of halogens is 6. The van der Waals surface area contributed by atoms with Crippen molar-refractivity contribution in [3.05, 3.63) is 68.7 Å². The minimum atomic E-state index is -4.53. The molecule has 0 aliphatic rings. The molecule has 2 nitrogen and oxygen atoms in total. The Bertz CT molecular complexity index is 804. The second kappa shape index (κ2) is 7.47. The number of nitrogens with one attached hydrogen (secondary N) is 1. The van der Waals surface area contributed by atoms with Crippen LogP contribution in [-0.2, 0) is 11.0 Å². The Hall–Kier alpha value is -1.69. The summed E-state index contributed by atoms with van der Waals surface area (Å²) in [7, 11) is 0. The Morgan fingerprint density at radius 3 is 2.33 bits per heavy atom. The van der Waals surface area contributed by atoms with Crippen molar-refractivity contribution in [1.82, 2.24) is 0 Å². The zero-order chi connectivity index (χ0) is 17.9. The van der Waals surface area contributed by atoms with Gasteiger partial charge in [0, 0.05) is 16.1 Å². The number of alkyl halides is 3. The highest BCUT2D eigenvalue weighted by atomic mass is 35.5. The molecule has 0 radical (unpaired) electrons. The van der Waals surface area contributed by atoms with Crippen molar-refractivity contribution in [2.24, 2.45) is 0 Å². The second-order valence-corrected chi connectivity index (χ2v) is 5.93. The van der Waals surface area contributed by atoms with Crippen LogP contribution in [0, 0.1) is 0 Å². The molecule has 0 aliphatic heterocycles. The molecule has 0 bridgehead atoms. The first-order chi connectivity index (χ1) is 11.2. The standard InChI is InChI=1S/C16H9Cl3F3NO/c17-11-4-1-9(13(19)8-11)2-6-15(24)23-14-7-10(16(20,21)22)3-5-12(14)18/h1-8H,(H,23,24). The van der Waals surface area contributed by atoms with E-state index in [1.807, 2.05) is 0 Å². The minimum absolute atomic E-state index is 0.00530. The van der Waals surface area contributed by atoms with Crippen molar-refractivity contribution in [3.8, 4) is 0 Å². The van der Waals surface area contributed by atoms with E-state index in [1.165, 1.54) is 12.1 Å². The van der Waals surface area contributed by atoms with E-state index in [0.29, 0.717) is 15.6 Å². The molecular formula is C16H9Cl3F3NO. The van der Waals surface area contributed by atoms with Crippen molar-refractivity contribution in [2.75, 3.05) is 5.32 Å². The highest BCUT2D eigenvalue weighted by Gasteiger charge is 2.31. The van der Waals surface area contributed by atoms with Gasteiger partial charge in [0.1, 0.15) is 0 Å². The summed E-state index contributed by atoms with van der Waals surface area (Å²) in [5.41, 5.74) is -0.512. The summed E-state index contributed by atoms with van der Waals surface area (Å²) in [6.45, 7) is 0. The van der Waals surface area contributed by atoms with E-state index in [4.69, 9.17) is 34.8 Å². The SMILES string of the molecule is O=C(C=Cc1ccc(Cl)cc1Cl)Nc1cc(C(F)(F)F)ccc1Cl. The third-order valence-corrected chi connectivity index (χ3v) is 3.82. The maximum atomic E-state index is 12.7. The number of anilines is 1. The molecule has 0 atom stereocenters. The lowest BCUT2D eigenvalue weighted by Crippen LogP contribution is -2.11. The first-order valence-corrected chi connectivity index (χ1v) is 7.61. The number of carbonyl (C=O) groups is 1. The highest BCUT2D eigenvalue weighted by molar-refractivity contribution is 6.35. The second-order valence-electron chi connectivity index (χ2n) is 4.68. The molecule has 2 rings (SSSR count). The number of hydrogen-bond donors (Lipinski definition) is 1. The molecule has 8 heteroatoms. The summed E-state index contributed by atoms with van der Waals surface area (Å²) in [5.74, 6) is -0.651. The predicted octanol–water partition coefficient (Wildman–Crippen LogP) is 6.32. The fraction of sp³-hybridized carbons (Fsp3) is 0.0625. The molecular weight excluding hydrogens is 386 g/mol. The molecule has 0 saturated carbocycles. The summed E-state index contributed by atoms with van der Waals surface area (Å²) >= 11 is 17.5. The van der Waals surface area contributed by atoms with Gasteiger partial charge in [0.15, 0.2) is 0 Å². The van der Waals surface area contributed by atoms with E-state index in [1.54, 1.807) is 12.1 Å². The summed E-state index contributed by atoms with van der Waals surface area (Å²) in [5, 5.41) is 3.07. The lowest BCUT2D eigenvalue weighted by molar-refractivity contribution is -0.137. The van der Waals surface area contributed by atoms with E-state index in [2.05, 4.69) is 5.32 Å². The molecule has 0 saturated heterocycles. The fourth-order valence-corrected chi connectivity index (χ4v) is 2.41. The third kappa shape index (κ3) is 4.90. The van der Waals surface area contributed by atoms with Crippen molar-refractivity contribution in [2.45, 2.75) is 6.18 Å². The van der Waals surface area contributed by atoms with Gasteiger partial charge in [0.2, 0.25) is 5.91 Å². The average Bonchev–Trinajstić information content (AvgIpc) is 2.47. The Balaban J connectivity index is 2.16. The third-order valence-electron chi connectivity index (χ3n) is 2.93. The van der Waals surface area contributed by atoms with Gasteiger partial charge in [-0.05, 0) is 42.0 Å². The van der Waals surface area contributed by atoms with Crippen LogP contribution in [0.2, 0.25) is 15.1 Å². The molecule has 2 aromatic rings. The van der Waals surface area contributed by atoms with Crippen molar-refractivity contribution in [1.29, 1.82) is 0 Å². The van der Waals surface area contributed by atoms with Crippen molar-refractivity contribution in [3.63, 3.8) is 0 Å². The van der Waals surface area contributed by atoms with E-state index in [9.17, 15) is 18.0 Å². The molecule has 1 amide bonds. The van der Waals surface area contributed by atoms with Crippen LogP contribution in [0.5, 0.6) is 0 Å². The van der Waals surface area contributed by atoms with E-state index < -0.39 is 17.6 Å². The van der Waals surface area contributed by atoms with Gasteiger partial charge in [-0.1, -0.05) is 40.9 Å². The van der Waals surface area contributed by atoms with Crippen LogP contribution in [0.4, 0.5) is 18.9 Å². The number of hydrogen-bond acceptors (Lipinski definition) is 1. The number of amides is 1. The first-order valence-electron chi connectivity index (χ1n) is 6.47. The molecule has 1 N–H and O–H groups in total. The predicted molar refractivity (Wildman–Crippen MR) is 90.6 cm³/mol. The molecule has 24 heavy (non-hydrogen) atoms. The Morgan fingerprint density at radius 1 is 1.00 bits per heavy atom. The van der Waals surface area contributed by atoms with E-state index >= 15 is 0 Å². The Kier molecular flexibility index (Phi) is 5.80. The molecule has 0 unspecified atom stereocenters. The van der Waals surface area contributed by atoms with Gasteiger partial charge in [0.05, 0.1) is 16.3 Å². The fourth-order valence-electron chi connectivity index (χ4n) is 1.77. The van der Waals surface area contributed by atoms with Gasteiger partial charge in [-0.25, -0.2) is 0 Å². The maximum absolute atomic E-state index is 12.7. The van der Waals surface area contributed by atoms with Gasteiger partial charge >= 0.3 is 6.18 Å². The van der Waals surface area contributed by atoms with Crippen LogP contribution in [0.15, 0.2) is 42.5 Å². The molecule has 0 heterocycles. The Labute approximate surface area is 150 Å². The quantitative estimate of drug-likeness (QED) is 0.607. The molecule has 0 fully saturated rings. The number of carbonyl (C=O) groups excluding carboxylic acids is 1. The van der Waals surface area contributed by atoms with E-state index in [0.717, 1.165) is 24.3 Å². The van der Waals surface area contributed by atoms with Crippen LogP contribution in [0.3, 0.4) is 0 Å². The van der Waals surface area contributed by atoms with Crippen LogP contribution in [0.1, 0.15) is 11.1 Å². The summed E-state index contributed by atoms with van der Waals surface area (Å²) in [6, 6.07) is 7.37. The zero-order valence-corrected chi connectivity index (χ0v) is 14.1. The smallest absolute Gasteiger partial charge is 0.321 e. The van der Waals surface area contributed by atoms with Gasteiger partial charge in [-0.2, -0.15) is 13.2 Å². The van der Waals surface area contributed by atoms with Crippen LogP contribution in [-0.4, -0.2) is 5.91 Å². The number of rotatable bonds is 3. The normalized spacial score (nSPS) is 11.8. The molecule has 0 aliphatic carbocycles. The maximum Gasteiger partial charge on any atom is 0.416 e. The summed E-state index contributed by atoms with van der Waals surface area (Å²) < 4.78 is 38.1. The first kappa shape index (κ1) is 18.6. The molecule has 0 aromatic heterocycles. The minimum Gasteiger partial charge on any atom is -0.321 e. The van der Waals surface area contributed by atoms with E-state index in [-0.39, 0.29) is 10.7 Å². The van der Waals surface area contributed by atoms with Gasteiger partial charge in [0.25, 0.3) is 0 Å². The molecule has 126 valence electrons. The largest absolute Gasteiger partial charge is 0.416 e. The lowest BCUT2D eigenvalue weighted by atomic mass is 10.2. The highest BCUT2D eigenvalue weighted by Crippen LogP contribution is 2.33. The molecule has 0 spiro atoms. The molecule has 2 aromatic carbocycles. The van der Waals surface area contributed by atoms with Gasteiger partial charge < -0.3 is 5.32 Å².